The van der Waals surface area contributed by atoms with Crippen molar-refractivity contribution in [2.75, 3.05) is 13.2 Å². The first-order valence-electron chi connectivity index (χ1n) is 8.73. The Labute approximate surface area is 172 Å². The number of aliphatic carboxylic acids is 2. The number of carboxylic acids is 2. The zero-order valence-electron chi connectivity index (χ0n) is 16.8. The van der Waals surface area contributed by atoms with E-state index in [0.29, 0.717) is 12.2 Å². The Morgan fingerprint density at radius 3 is 2.13 bits per heavy atom. The Morgan fingerprint density at radius 2 is 1.63 bits per heavy atom. The summed E-state index contributed by atoms with van der Waals surface area (Å²) in [5.41, 5.74) is 0. The van der Waals surface area contributed by atoms with Gasteiger partial charge in [-0.25, -0.2) is 14.7 Å². The fourth-order valence-electron chi connectivity index (χ4n) is 3.25. The Hall–Kier alpha value is -1.65. The molecule has 3 rings (SSSR count). The van der Waals surface area contributed by atoms with Crippen molar-refractivity contribution < 1.29 is 56.1 Å². The fraction of sp³-hybridized carbons (Fsp3) is 0.750. The van der Waals surface area contributed by atoms with Crippen molar-refractivity contribution in [3.8, 4) is 0 Å². The summed E-state index contributed by atoms with van der Waals surface area (Å²) < 4.78 is 55.9. The maximum absolute atomic E-state index is 11.1. The molecule has 30 heavy (non-hydrogen) atoms. The normalized spacial score (nSPS) is 34.0. The van der Waals surface area contributed by atoms with Crippen molar-refractivity contribution in [2.24, 2.45) is 5.14 Å². The van der Waals surface area contributed by atoms with Crippen LogP contribution in [-0.4, -0.2) is 79.5 Å². The number of carbonyl (C=O) groups is 2. The van der Waals surface area contributed by atoms with Crippen molar-refractivity contribution in [1.29, 1.82) is 0 Å². The summed E-state index contributed by atoms with van der Waals surface area (Å²) in [7, 11) is -4.14. The van der Waals surface area contributed by atoms with E-state index in [-0.39, 0.29) is 12.7 Å². The van der Waals surface area contributed by atoms with Crippen LogP contribution in [0.4, 0.5) is 0 Å². The molecule has 3 aliphatic rings. The van der Waals surface area contributed by atoms with Crippen LogP contribution in [0.1, 0.15) is 27.7 Å². The molecule has 0 aromatic carbocycles. The highest BCUT2D eigenvalue weighted by atomic mass is 32.2. The molecule has 4 N–H and O–H groups in total. The van der Waals surface area contributed by atoms with Gasteiger partial charge < -0.3 is 33.9 Å². The van der Waals surface area contributed by atoms with Gasteiger partial charge in [-0.15, -0.1) is 0 Å². The van der Waals surface area contributed by atoms with E-state index in [9.17, 15) is 18.0 Å². The summed E-state index contributed by atoms with van der Waals surface area (Å²) >= 11 is 0. The lowest BCUT2D eigenvalue weighted by molar-refractivity contribution is -0.290. The van der Waals surface area contributed by atoms with E-state index in [1.54, 1.807) is 27.7 Å². The number of hydrogen-bond acceptors (Lipinski definition) is 10. The molecule has 0 aliphatic carbocycles. The molecule has 3 heterocycles. The smallest absolute Gasteiger partial charge is 0.333 e. The highest BCUT2D eigenvalue weighted by Crippen LogP contribution is 2.47. The molecule has 0 amide bonds. The average Bonchev–Trinajstić information content (AvgIpc) is 3.02. The van der Waals surface area contributed by atoms with Crippen LogP contribution in [0.25, 0.3) is 0 Å². The maximum Gasteiger partial charge on any atom is 0.333 e. The zero-order valence-corrected chi connectivity index (χ0v) is 17.6. The lowest BCUT2D eigenvalue weighted by atomic mass is 9.98. The molecule has 3 aliphatic heterocycles. The molecular formula is C16H25NO12S. The summed E-state index contributed by atoms with van der Waals surface area (Å²) in [5.74, 6) is -5.70. The molecule has 0 saturated carbocycles. The minimum absolute atomic E-state index is 0.165. The second-order valence-electron chi connectivity index (χ2n) is 7.57. The van der Waals surface area contributed by atoms with E-state index in [4.69, 9.17) is 43.2 Å². The van der Waals surface area contributed by atoms with Gasteiger partial charge in [0.05, 0.1) is 6.61 Å². The van der Waals surface area contributed by atoms with E-state index in [0.717, 1.165) is 0 Å². The summed E-state index contributed by atoms with van der Waals surface area (Å²) in [6.45, 7) is 6.71. The predicted molar refractivity (Wildman–Crippen MR) is 96.0 cm³/mol. The average molecular weight is 455 g/mol. The van der Waals surface area contributed by atoms with E-state index in [1.165, 1.54) is 0 Å². The number of nitrogens with two attached hydrogens (primary N) is 1. The molecule has 13 nitrogen and oxygen atoms in total. The molecular weight excluding hydrogens is 430 g/mol. The van der Waals surface area contributed by atoms with Gasteiger partial charge >= 0.3 is 22.2 Å². The van der Waals surface area contributed by atoms with Gasteiger partial charge in [-0.3, -0.25) is 4.18 Å². The lowest BCUT2D eigenvalue weighted by Crippen LogP contribution is -2.60. The van der Waals surface area contributed by atoms with Gasteiger partial charge in [0.1, 0.15) is 24.9 Å². The lowest BCUT2D eigenvalue weighted by Gasteiger charge is -2.40. The standard InChI is InChI=1S/C12H21NO8S.C4H4O4/c1-10(2)18-7-5-16-12(6-17-22(13,14)15)9(8(7)19-10)20-11(3,4)21-12;5-3(6)1-2-4(7)8/h7-9H,5-6H2,1-4H3,(H2,13,14,15);1-2H,(H,5,6)(H,7,8)/b;2-1-/t7-,8-,9+,12+;/m1./s1. The van der Waals surface area contributed by atoms with Crippen molar-refractivity contribution in [3.63, 3.8) is 0 Å². The van der Waals surface area contributed by atoms with E-state index in [2.05, 4.69) is 0 Å². The Kier molecular flexibility index (Phi) is 6.95. The first-order valence-corrected chi connectivity index (χ1v) is 10.2. The fourth-order valence-corrected chi connectivity index (χ4v) is 3.58. The molecule has 14 heteroatoms. The minimum atomic E-state index is -4.14. The van der Waals surface area contributed by atoms with Gasteiger partial charge in [-0.2, -0.15) is 8.42 Å². The van der Waals surface area contributed by atoms with Crippen LogP contribution in [-0.2, 0) is 47.8 Å². The Morgan fingerprint density at radius 1 is 1.07 bits per heavy atom. The van der Waals surface area contributed by atoms with Crippen LogP contribution in [0.3, 0.4) is 0 Å². The van der Waals surface area contributed by atoms with E-state index >= 15 is 0 Å². The van der Waals surface area contributed by atoms with Gasteiger partial charge in [0.25, 0.3) is 0 Å². The van der Waals surface area contributed by atoms with Crippen LogP contribution >= 0.6 is 0 Å². The number of ether oxygens (including phenoxy) is 5. The van der Waals surface area contributed by atoms with E-state index in [1.807, 2.05) is 0 Å². The quantitative estimate of drug-likeness (QED) is 0.443. The van der Waals surface area contributed by atoms with Crippen LogP contribution in [0, 0.1) is 0 Å². The van der Waals surface area contributed by atoms with Crippen LogP contribution in [0.15, 0.2) is 12.2 Å². The Bertz CT molecular complexity index is 791. The second kappa shape index (κ2) is 8.47. The monoisotopic (exact) mass is 455 g/mol. The summed E-state index contributed by atoms with van der Waals surface area (Å²) in [4.78, 5) is 19.1. The van der Waals surface area contributed by atoms with Crippen molar-refractivity contribution in [3.05, 3.63) is 12.2 Å². The number of hydrogen-bond donors (Lipinski definition) is 3. The molecule has 3 fully saturated rings. The van der Waals surface area contributed by atoms with Crippen LogP contribution in [0.5, 0.6) is 0 Å². The van der Waals surface area contributed by atoms with Gasteiger partial charge in [0.15, 0.2) is 11.6 Å². The van der Waals surface area contributed by atoms with Gasteiger partial charge in [0.2, 0.25) is 5.79 Å². The number of carboxylic acid groups (broad SMARTS) is 2. The first-order chi connectivity index (χ1) is 13.5. The molecule has 0 aromatic rings. The van der Waals surface area contributed by atoms with Gasteiger partial charge in [0, 0.05) is 12.2 Å². The maximum atomic E-state index is 11.1. The number of rotatable bonds is 5. The van der Waals surface area contributed by atoms with Crippen LogP contribution < -0.4 is 5.14 Å². The van der Waals surface area contributed by atoms with Crippen molar-refractivity contribution >= 4 is 22.2 Å². The molecule has 0 radical (unpaired) electrons. The Balaban J connectivity index is 0.000000343. The molecule has 0 bridgehead atoms. The molecule has 0 spiro atoms. The zero-order chi connectivity index (χ0) is 23.0. The van der Waals surface area contributed by atoms with Crippen molar-refractivity contribution in [2.45, 2.75) is 63.4 Å². The summed E-state index contributed by atoms with van der Waals surface area (Å²) in [6, 6.07) is 0. The minimum Gasteiger partial charge on any atom is -0.478 e. The molecule has 0 unspecified atom stereocenters. The van der Waals surface area contributed by atoms with Crippen molar-refractivity contribution in [1.82, 2.24) is 0 Å². The third-order valence-electron chi connectivity index (χ3n) is 4.07. The molecule has 3 saturated heterocycles. The second-order valence-corrected chi connectivity index (χ2v) is 8.79. The molecule has 0 aromatic heterocycles. The largest absolute Gasteiger partial charge is 0.478 e. The highest BCUT2D eigenvalue weighted by Gasteiger charge is 2.65. The first kappa shape index (κ1) is 24.6. The topological polar surface area (TPSA) is 190 Å². The molecule has 4 atom stereocenters. The number of fused-ring (bicyclic) bond motifs is 3. The van der Waals surface area contributed by atoms with E-state index < -0.39 is 58.4 Å². The highest BCUT2D eigenvalue weighted by molar-refractivity contribution is 7.84. The SMILES string of the molecule is CC1(C)O[C@@H]2[C@@H](CO[C@@]3(COS(N)(=O)=O)OC(C)(C)O[C@@H]23)O1.O=C(O)/C=C\C(=O)O. The predicted octanol–water partition coefficient (Wildman–Crippen LogP) is -0.684. The van der Waals surface area contributed by atoms with Crippen LogP contribution in [0.2, 0.25) is 0 Å². The third-order valence-corrected chi connectivity index (χ3v) is 4.51. The molecule has 172 valence electrons. The summed E-state index contributed by atoms with van der Waals surface area (Å²) in [6.07, 6.45) is -0.385. The van der Waals surface area contributed by atoms with Gasteiger partial charge in [-0.1, -0.05) is 0 Å². The summed E-state index contributed by atoms with van der Waals surface area (Å²) in [5, 5.41) is 20.5. The van der Waals surface area contributed by atoms with Gasteiger partial charge in [-0.05, 0) is 27.7 Å². The third kappa shape index (κ3) is 6.42.